The van der Waals surface area contributed by atoms with Gasteiger partial charge in [0.05, 0.1) is 19.8 Å². The Morgan fingerprint density at radius 3 is 2.46 bits per heavy atom. The third-order valence-electron chi connectivity index (χ3n) is 4.08. The molecule has 0 spiro atoms. The fourth-order valence-corrected chi connectivity index (χ4v) is 2.72. The Labute approximate surface area is 156 Å². The van der Waals surface area contributed by atoms with Gasteiger partial charge in [0.2, 0.25) is 0 Å². The van der Waals surface area contributed by atoms with E-state index in [1.807, 2.05) is 0 Å². The molecule has 0 aliphatic carbocycles. The third kappa shape index (κ3) is 5.65. The summed E-state index contributed by atoms with van der Waals surface area (Å²) in [4.78, 5) is 13.6. The first-order chi connectivity index (χ1) is 11.9. The van der Waals surface area contributed by atoms with Gasteiger partial charge in [0.15, 0.2) is 0 Å². The highest BCUT2D eigenvalue weighted by Gasteiger charge is 2.43. The molecule has 0 aromatic heterocycles. The average molecular weight is 398 g/mol. The number of piperazine rings is 1. The maximum absolute atomic E-state index is 13.3. The molecule has 26 heavy (non-hydrogen) atoms. The van der Waals surface area contributed by atoms with E-state index in [0.717, 1.165) is 0 Å². The molecule has 1 aliphatic heterocycles. The lowest BCUT2D eigenvalue weighted by Gasteiger charge is -2.35. The average Bonchev–Trinajstić information content (AvgIpc) is 2.60. The summed E-state index contributed by atoms with van der Waals surface area (Å²) >= 11 is 0. The van der Waals surface area contributed by atoms with Gasteiger partial charge in [-0.3, -0.25) is 9.69 Å². The Bertz CT molecular complexity index is 596. The number of ether oxygens (including phenoxy) is 2. The molecule has 1 amide bonds. The molecule has 148 valence electrons. The number of amides is 1. The predicted molar refractivity (Wildman–Crippen MR) is 93.4 cm³/mol. The van der Waals surface area contributed by atoms with Crippen LogP contribution in [0.25, 0.3) is 0 Å². The van der Waals surface area contributed by atoms with Crippen LogP contribution in [-0.4, -0.2) is 70.0 Å². The molecule has 1 atom stereocenters. The van der Waals surface area contributed by atoms with Crippen molar-refractivity contribution in [1.82, 2.24) is 15.5 Å². The Balaban J connectivity index is 0.00000338. The number of nitrogens with one attached hydrogen (secondary N) is 2. The molecule has 1 aromatic carbocycles. The van der Waals surface area contributed by atoms with Crippen LogP contribution in [0, 0.1) is 0 Å². The number of hydrogen-bond acceptors (Lipinski definition) is 5. The lowest BCUT2D eigenvalue weighted by molar-refractivity contribution is -0.183. The second kappa shape index (κ2) is 9.84. The molecular formula is C16H23ClF3N3O3. The lowest BCUT2D eigenvalue weighted by Crippen LogP contribution is -2.57. The summed E-state index contributed by atoms with van der Waals surface area (Å²) in [5.41, 5.74) is 0.157. The molecule has 6 nitrogen and oxygen atoms in total. The van der Waals surface area contributed by atoms with Crippen molar-refractivity contribution < 1.29 is 27.4 Å². The van der Waals surface area contributed by atoms with Crippen LogP contribution in [0.4, 0.5) is 13.2 Å². The number of carbonyl (C=O) groups is 1. The largest absolute Gasteiger partial charge is 0.497 e. The Hall–Kier alpha value is -1.71. The smallest absolute Gasteiger partial charge is 0.405 e. The van der Waals surface area contributed by atoms with Gasteiger partial charge in [-0.15, -0.1) is 12.4 Å². The molecule has 1 heterocycles. The van der Waals surface area contributed by atoms with Crippen molar-refractivity contribution >= 4 is 18.3 Å². The molecule has 2 N–H and O–H groups in total. The van der Waals surface area contributed by atoms with Gasteiger partial charge in [-0.25, -0.2) is 0 Å². The van der Waals surface area contributed by atoms with Gasteiger partial charge >= 0.3 is 6.18 Å². The van der Waals surface area contributed by atoms with Crippen molar-refractivity contribution in [1.29, 1.82) is 0 Å². The maximum Gasteiger partial charge on any atom is 0.405 e. The number of halogens is 4. The highest BCUT2D eigenvalue weighted by atomic mass is 35.5. The standard InChI is InChI=1S/C16H22F3N3O3.ClH/c1-24-11-3-4-12(13(9-11)25-2)15(23)21-10-14(16(17,18)19)22-7-5-20-6-8-22;/h3-4,9,14,20H,5-8,10H2,1-2H3,(H,21,23);1H. The summed E-state index contributed by atoms with van der Waals surface area (Å²) in [6.45, 7) is 1.04. The highest BCUT2D eigenvalue weighted by molar-refractivity contribution is 5.97. The van der Waals surface area contributed by atoms with Crippen LogP contribution >= 0.6 is 12.4 Å². The van der Waals surface area contributed by atoms with Crippen molar-refractivity contribution in [2.45, 2.75) is 12.2 Å². The van der Waals surface area contributed by atoms with Crippen molar-refractivity contribution in [2.75, 3.05) is 46.9 Å². The van der Waals surface area contributed by atoms with E-state index in [4.69, 9.17) is 9.47 Å². The van der Waals surface area contributed by atoms with E-state index in [-0.39, 0.29) is 36.8 Å². The topological polar surface area (TPSA) is 62.8 Å². The summed E-state index contributed by atoms with van der Waals surface area (Å²) in [5.74, 6) is 0.105. The van der Waals surface area contributed by atoms with Crippen LogP contribution in [-0.2, 0) is 0 Å². The van der Waals surface area contributed by atoms with E-state index in [0.29, 0.717) is 18.8 Å². The first-order valence-electron chi connectivity index (χ1n) is 7.88. The van der Waals surface area contributed by atoms with Gasteiger partial charge in [-0.05, 0) is 12.1 Å². The zero-order valence-electron chi connectivity index (χ0n) is 14.6. The Morgan fingerprint density at radius 2 is 1.92 bits per heavy atom. The fourth-order valence-electron chi connectivity index (χ4n) is 2.72. The normalized spacial score (nSPS) is 16.3. The molecule has 1 fully saturated rings. The molecule has 10 heteroatoms. The van der Waals surface area contributed by atoms with Gasteiger partial charge in [0.25, 0.3) is 5.91 Å². The zero-order valence-corrected chi connectivity index (χ0v) is 15.4. The van der Waals surface area contributed by atoms with E-state index < -0.39 is 24.7 Å². The van der Waals surface area contributed by atoms with E-state index in [9.17, 15) is 18.0 Å². The minimum Gasteiger partial charge on any atom is -0.497 e. The molecular weight excluding hydrogens is 375 g/mol. The van der Waals surface area contributed by atoms with Gasteiger partial charge in [-0.2, -0.15) is 13.2 Å². The Morgan fingerprint density at radius 1 is 1.27 bits per heavy atom. The molecule has 1 aliphatic rings. The number of nitrogens with zero attached hydrogens (tertiary/aromatic N) is 1. The minimum absolute atomic E-state index is 0. The Kier molecular flexibility index (Phi) is 8.45. The minimum atomic E-state index is -4.42. The van der Waals surface area contributed by atoms with Gasteiger partial charge < -0.3 is 20.1 Å². The molecule has 1 aromatic rings. The maximum atomic E-state index is 13.3. The van der Waals surface area contributed by atoms with E-state index in [2.05, 4.69) is 10.6 Å². The molecule has 1 unspecified atom stereocenters. The van der Waals surface area contributed by atoms with E-state index in [1.54, 1.807) is 6.07 Å². The fraction of sp³-hybridized carbons (Fsp3) is 0.562. The SMILES string of the molecule is COc1ccc(C(=O)NCC(N2CCNCC2)C(F)(F)F)c(OC)c1.Cl. The van der Waals surface area contributed by atoms with Crippen molar-refractivity contribution in [3.8, 4) is 11.5 Å². The zero-order chi connectivity index (χ0) is 18.4. The summed E-state index contributed by atoms with van der Waals surface area (Å²) in [5, 5.41) is 5.39. The quantitative estimate of drug-likeness (QED) is 0.765. The summed E-state index contributed by atoms with van der Waals surface area (Å²) in [6, 6.07) is 2.80. The second-order valence-corrected chi connectivity index (χ2v) is 5.62. The predicted octanol–water partition coefficient (Wildman–Crippen LogP) is 1.69. The van der Waals surface area contributed by atoms with Crippen molar-refractivity contribution in [3.05, 3.63) is 23.8 Å². The highest BCUT2D eigenvalue weighted by Crippen LogP contribution is 2.26. The summed E-state index contributed by atoms with van der Waals surface area (Å²) < 4.78 is 50.2. The van der Waals surface area contributed by atoms with Crippen LogP contribution in [0.1, 0.15) is 10.4 Å². The molecule has 2 rings (SSSR count). The number of methoxy groups -OCH3 is 2. The van der Waals surface area contributed by atoms with E-state index in [1.165, 1.54) is 31.3 Å². The first-order valence-corrected chi connectivity index (χ1v) is 7.88. The number of rotatable bonds is 6. The third-order valence-corrected chi connectivity index (χ3v) is 4.08. The first kappa shape index (κ1) is 22.3. The monoisotopic (exact) mass is 397 g/mol. The van der Waals surface area contributed by atoms with Crippen LogP contribution in [0.15, 0.2) is 18.2 Å². The lowest BCUT2D eigenvalue weighted by atomic mass is 10.1. The second-order valence-electron chi connectivity index (χ2n) is 5.62. The van der Waals surface area contributed by atoms with Gasteiger partial charge in [-0.1, -0.05) is 0 Å². The molecule has 0 bridgehead atoms. The van der Waals surface area contributed by atoms with Gasteiger partial charge in [0.1, 0.15) is 17.5 Å². The van der Waals surface area contributed by atoms with Crippen molar-refractivity contribution in [3.63, 3.8) is 0 Å². The van der Waals surface area contributed by atoms with Crippen molar-refractivity contribution in [2.24, 2.45) is 0 Å². The summed E-state index contributed by atoms with van der Waals surface area (Å²) in [7, 11) is 2.85. The molecule has 0 radical (unpaired) electrons. The van der Waals surface area contributed by atoms with Gasteiger partial charge in [0, 0.05) is 38.8 Å². The van der Waals surface area contributed by atoms with E-state index >= 15 is 0 Å². The number of benzene rings is 1. The molecule has 1 saturated heterocycles. The number of carbonyl (C=O) groups excluding carboxylic acids is 1. The number of alkyl halides is 3. The van der Waals surface area contributed by atoms with Crippen LogP contribution < -0.4 is 20.1 Å². The number of hydrogen-bond donors (Lipinski definition) is 2. The van der Waals surface area contributed by atoms with Crippen LogP contribution in [0.3, 0.4) is 0 Å². The van der Waals surface area contributed by atoms with Crippen LogP contribution in [0.5, 0.6) is 11.5 Å². The summed E-state index contributed by atoms with van der Waals surface area (Å²) in [6.07, 6.45) is -4.42. The van der Waals surface area contributed by atoms with Crippen LogP contribution in [0.2, 0.25) is 0 Å². The molecule has 0 saturated carbocycles.